The third-order valence-corrected chi connectivity index (χ3v) is 6.01. The fourth-order valence-corrected chi connectivity index (χ4v) is 4.01. The lowest BCUT2D eigenvalue weighted by Gasteiger charge is -2.07. The number of nitrogens with zero attached hydrogens (tertiary/aromatic N) is 4. The second-order valence-corrected chi connectivity index (χ2v) is 8.48. The monoisotopic (exact) mass is 494 g/mol. The SMILES string of the molecule is COc1ccc(-c2noc(-c3c(SC)nn(CC(=O)NCc4ccc(C)cc4)c3N)n2)cc1OC. The number of methoxy groups -OCH3 is 2. The van der Waals surface area contributed by atoms with Crippen molar-refractivity contribution in [2.45, 2.75) is 25.0 Å². The Bertz CT molecular complexity index is 1330. The molecule has 4 aromatic rings. The molecule has 10 nitrogen and oxygen atoms in total. The zero-order valence-corrected chi connectivity index (χ0v) is 20.7. The quantitative estimate of drug-likeness (QED) is 0.335. The molecule has 0 aliphatic carbocycles. The molecule has 0 saturated carbocycles. The maximum atomic E-state index is 12.5. The minimum atomic E-state index is -0.212. The number of carbonyl (C=O) groups is 1. The Hall–Kier alpha value is -3.99. The van der Waals surface area contributed by atoms with Crippen LogP contribution >= 0.6 is 11.8 Å². The Morgan fingerprint density at radius 3 is 2.57 bits per heavy atom. The summed E-state index contributed by atoms with van der Waals surface area (Å²) in [6.45, 7) is 2.40. The van der Waals surface area contributed by atoms with Crippen LogP contribution in [-0.4, -0.2) is 46.3 Å². The van der Waals surface area contributed by atoms with Gasteiger partial charge in [-0.2, -0.15) is 10.1 Å². The first-order valence-corrected chi connectivity index (χ1v) is 11.9. The number of benzene rings is 2. The summed E-state index contributed by atoms with van der Waals surface area (Å²) < 4.78 is 17.6. The Labute approximate surface area is 206 Å². The van der Waals surface area contributed by atoms with E-state index in [-0.39, 0.29) is 24.2 Å². The van der Waals surface area contributed by atoms with E-state index in [1.807, 2.05) is 37.4 Å². The fourth-order valence-electron chi connectivity index (χ4n) is 3.43. The van der Waals surface area contributed by atoms with Gasteiger partial charge in [0, 0.05) is 12.1 Å². The van der Waals surface area contributed by atoms with Crippen LogP contribution in [0.25, 0.3) is 22.8 Å². The van der Waals surface area contributed by atoms with Crippen molar-refractivity contribution in [3.8, 4) is 34.3 Å². The molecule has 11 heteroatoms. The lowest BCUT2D eigenvalue weighted by Crippen LogP contribution is -2.28. The number of aryl methyl sites for hydroxylation is 1. The van der Waals surface area contributed by atoms with E-state index >= 15 is 0 Å². The lowest BCUT2D eigenvalue weighted by molar-refractivity contribution is -0.122. The molecule has 0 atom stereocenters. The van der Waals surface area contributed by atoms with E-state index in [0.29, 0.717) is 40.0 Å². The number of rotatable bonds is 9. The minimum absolute atomic E-state index is 0.0398. The maximum Gasteiger partial charge on any atom is 0.264 e. The normalized spacial score (nSPS) is 10.9. The fraction of sp³-hybridized carbons (Fsp3) is 0.250. The highest BCUT2D eigenvalue weighted by Gasteiger charge is 2.24. The van der Waals surface area contributed by atoms with Crippen molar-refractivity contribution in [3.63, 3.8) is 0 Å². The number of amides is 1. The third-order valence-electron chi connectivity index (χ3n) is 5.34. The van der Waals surface area contributed by atoms with Crippen LogP contribution in [0.2, 0.25) is 0 Å². The Balaban J connectivity index is 1.53. The highest BCUT2D eigenvalue weighted by atomic mass is 32.2. The average Bonchev–Trinajstić information content (AvgIpc) is 3.47. The minimum Gasteiger partial charge on any atom is -0.493 e. The first kappa shape index (κ1) is 24.1. The van der Waals surface area contributed by atoms with Gasteiger partial charge in [-0.3, -0.25) is 4.79 Å². The van der Waals surface area contributed by atoms with Crippen LogP contribution in [0.3, 0.4) is 0 Å². The molecule has 0 saturated heterocycles. The van der Waals surface area contributed by atoms with Crippen molar-refractivity contribution in [3.05, 3.63) is 53.6 Å². The van der Waals surface area contributed by atoms with Gasteiger partial charge in [0.15, 0.2) is 11.5 Å². The topological polar surface area (TPSA) is 130 Å². The number of hydrogen-bond acceptors (Lipinski definition) is 9. The molecule has 2 aromatic heterocycles. The molecule has 0 aliphatic rings. The van der Waals surface area contributed by atoms with Crippen molar-refractivity contribution in [2.75, 3.05) is 26.2 Å². The summed E-state index contributed by atoms with van der Waals surface area (Å²) in [5, 5.41) is 12.0. The van der Waals surface area contributed by atoms with Gasteiger partial charge in [-0.1, -0.05) is 35.0 Å². The number of nitrogens with one attached hydrogen (secondary N) is 1. The highest BCUT2D eigenvalue weighted by Crippen LogP contribution is 2.36. The van der Waals surface area contributed by atoms with Gasteiger partial charge in [0.25, 0.3) is 5.89 Å². The van der Waals surface area contributed by atoms with Crippen LogP contribution in [0.1, 0.15) is 11.1 Å². The molecule has 0 aliphatic heterocycles. The van der Waals surface area contributed by atoms with E-state index in [9.17, 15) is 4.79 Å². The first-order chi connectivity index (χ1) is 16.9. The number of hydrogen-bond donors (Lipinski definition) is 2. The molecule has 35 heavy (non-hydrogen) atoms. The van der Waals surface area contributed by atoms with Crippen molar-refractivity contribution >= 4 is 23.5 Å². The van der Waals surface area contributed by atoms with Crippen molar-refractivity contribution < 1.29 is 18.8 Å². The average molecular weight is 495 g/mol. The summed E-state index contributed by atoms with van der Waals surface area (Å²) in [4.78, 5) is 17.0. The second kappa shape index (κ2) is 10.5. The van der Waals surface area contributed by atoms with E-state index in [2.05, 4.69) is 20.6 Å². The highest BCUT2D eigenvalue weighted by molar-refractivity contribution is 7.98. The summed E-state index contributed by atoms with van der Waals surface area (Å²) in [5.41, 5.74) is 9.71. The van der Waals surface area contributed by atoms with Crippen LogP contribution in [0.15, 0.2) is 52.0 Å². The lowest BCUT2D eigenvalue weighted by atomic mass is 10.1. The van der Waals surface area contributed by atoms with Crippen molar-refractivity contribution in [1.82, 2.24) is 25.2 Å². The Morgan fingerprint density at radius 2 is 1.89 bits per heavy atom. The van der Waals surface area contributed by atoms with Crippen LogP contribution in [0, 0.1) is 6.92 Å². The molecule has 0 fully saturated rings. The van der Waals surface area contributed by atoms with Gasteiger partial charge in [-0.15, -0.1) is 11.8 Å². The molecule has 0 bridgehead atoms. The van der Waals surface area contributed by atoms with Gasteiger partial charge in [0.1, 0.15) is 23.0 Å². The standard InChI is InChI=1S/C24H26N6O4S/c1-14-5-7-15(8-6-14)12-26-19(31)13-30-21(25)20(24(28-30)35-4)23-27-22(29-34-23)16-9-10-17(32-2)18(11-16)33-3/h5-11H,12-13,25H2,1-4H3,(H,26,31). The van der Waals surface area contributed by atoms with Gasteiger partial charge >= 0.3 is 0 Å². The first-order valence-electron chi connectivity index (χ1n) is 10.7. The predicted molar refractivity (Wildman–Crippen MR) is 133 cm³/mol. The zero-order valence-electron chi connectivity index (χ0n) is 19.9. The molecule has 4 rings (SSSR count). The van der Waals surface area contributed by atoms with Gasteiger partial charge in [-0.25, -0.2) is 4.68 Å². The molecular formula is C24H26N6O4S. The van der Waals surface area contributed by atoms with Crippen LogP contribution in [-0.2, 0) is 17.9 Å². The molecule has 2 heterocycles. The molecule has 182 valence electrons. The number of ether oxygens (including phenoxy) is 2. The van der Waals surface area contributed by atoms with E-state index in [1.54, 1.807) is 32.4 Å². The third kappa shape index (κ3) is 5.24. The summed E-state index contributed by atoms with van der Waals surface area (Å²) >= 11 is 1.37. The van der Waals surface area contributed by atoms with Gasteiger partial charge in [0.05, 0.1) is 14.2 Å². The van der Waals surface area contributed by atoms with Crippen molar-refractivity contribution in [2.24, 2.45) is 0 Å². The number of carbonyl (C=O) groups excluding carboxylic acids is 1. The largest absolute Gasteiger partial charge is 0.493 e. The number of aromatic nitrogens is 4. The summed E-state index contributed by atoms with van der Waals surface area (Å²) in [6.07, 6.45) is 1.86. The molecule has 2 aromatic carbocycles. The Morgan fingerprint density at radius 1 is 1.14 bits per heavy atom. The van der Waals surface area contributed by atoms with Crippen LogP contribution in [0.4, 0.5) is 5.82 Å². The van der Waals surface area contributed by atoms with Gasteiger partial charge in [-0.05, 0) is 36.9 Å². The molecule has 1 amide bonds. The van der Waals surface area contributed by atoms with E-state index in [1.165, 1.54) is 16.4 Å². The maximum absolute atomic E-state index is 12.5. The van der Waals surface area contributed by atoms with Gasteiger partial charge in [0.2, 0.25) is 11.7 Å². The van der Waals surface area contributed by atoms with Crippen molar-refractivity contribution in [1.29, 1.82) is 0 Å². The second-order valence-electron chi connectivity index (χ2n) is 7.68. The molecule has 0 radical (unpaired) electrons. The van der Waals surface area contributed by atoms with Crippen LogP contribution < -0.4 is 20.5 Å². The number of nitrogens with two attached hydrogens (primary N) is 1. The molecular weight excluding hydrogens is 468 g/mol. The van der Waals surface area contributed by atoms with E-state index in [0.717, 1.165) is 11.1 Å². The van der Waals surface area contributed by atoms with E-state index in [4.69, 9.17) is 19.7 Å². The van der Waals surface area contributed by atoms with Crippen LogP contribution in [0.5, 0.6) is 11.5 Å². The smallest absolute Gasteiger partial charge is 0.264 e. The predicted octanol–water partition coefficient (Wildman–Crippen LogP) is 3.55. The number of nitrogen functional groups attached to an aromatic ring is 1. The van der Waals surface area contributed by atoms with Gasteiger partial charge < -0.3 is 25.0 Å². The molecule has 3 N–H and O–H groups in total. The Kier molecular flexibility index (Phi) is 7.25. The number of thioether (sulfide) groups is 1. The summed E-state index contributed by atoms with van der Waals surface area (Å²) in [7, 11) is 3.12. The summed E-state index contributed by atoms with van der Waals surface area (Å²) in [5.74, 6) is 1.76. The zero-order chi connectivity index (χ0) is 24.9. The molecule has 0 unspecified atom stereocenters. The summed E-state index contributed by atoms with van der Waals surface area (Å²) in [6, 6.07) is 13.3. The molecule has 0 spiro atoms. The van der Waals surface area contributed by atoms with E-state index < -0.39 is 0 Å². The number of anilines is 1.